The van der Waals surface area contributed by atoms with Gasteiger partial charge in [-0.05, 0) is 36.5 Å². The number of carboxylic acid groups (broad SMARTS) is 1. The Morgan fingerprint density at radius 2 is 2.10 bits per heavy atom. The number of hydrogen-bond acceptors (Lipinski definition) is 3. The number of rotatable bonds is 6. The van der Waals surface area contributed by atoms with Crippen LogP contribution >= 0.6 is 11.8 Å². The van der Waals surface area contributed by atoms with Crippen molar-refractivity contribution in [2.75, 3.05) is 5.75 Å². The first-order valence-corrected chi connectivity index (χ1v) is 8.18. The molecule has 0 aliphatic heterocycles. The van der Waals surface area contributed by atoms with Crippen molar-refractivity contribution in [3.63, 3.8) is 0 Å². The molecule has 0 bridgehead atoms. The van der Waals surface area contributed by atoms with Gasteiger partial charge in [-0.25, -0.2) is 4.98 Å². The molecule has 0 spiro atoms. The zero-order chi connectivity index (χ0) is 15.6. The molecule has 1 heterocycles. The topological polar surface area (TPSA) is 55.1 Å². The molecule has 4 nitrogen and oxygen atoms in total. The van der Waals surface area contributed by atoms with Gasteiger partial charge in [0.2, 0.25) is 0 Å². The molecular weight excluding hydrogens is 284 g/mol. The number of carbonyl (C=O) groups is 1. The third-order valence-electron chi connectivity index (χ3n) is 3.80. The molecule has 1 aromatic carbocycles. The smallest absolute Gasteiger partial charge is 0.313 e. The Hall–Kier alpha value is -1.49. The Kier molecular flexibility index (Phi) is 4.93. The van der Waals surface area contributed by atoms with Crippen molar-refractivity contribution in [3.05, 3.63) is 23.8 Å². The maximum absolute atomic E-state index is 10.8. The SMILES string of the molecule is Cc1ccc2c(c1)nc(SCC(=O)O)n2CC(C)C(C)C. The zero-order valence-corrected chi connectivity index (χ0v) is 13.8. The van der Waals surface area contributed by atoms with Crippen molar-refractivity contribution < 1.29 is 9.90 Å². The average molecular weight is 306 g/mol. The Labute approximate surface area is 129 Å². The highest BCUT2D eigenvalue weighted by molar-refractivity contribution is 7.99. The first-order valence-electron chi connectivity index (χ1n) is 7.20. The Morgan fingerprint density at radius 1 is 1.38 bits per heavy atom. The maximum atomic E-state index is 10.8. The fourth-order valence-corrected chi connectivity index (χ4v) is 2.87. The van der Waals surface area contributed by atoms with Crippen molar-refractivity contribution in [2.45, 2.75) is 39.4 Å². The normalized spacial score (nSPS) is 13.0. The molecule has 2 rings (SSSR count). The van der Waals surface area contributed by atoms with E-state index in [0.29, 0.717) is 11.8 Å². The molecule has 1 unspecified atom stereocenters. The van der Waals surface area contributed by atoms with Crippen molar-refractivity contribution >= 4 is 28.8 Å². The van der Waals surface area contributed by atoms with Gasteiger partial charge in [0.05, 0.1) is 16.8 Å². The third kappa shape index (κ3) is 3.79. The van der Waals surface area contributed by atoms with Crippen LogP contribution in [0, 0.1) is 18.8 Å². The summed E-state index contributed by atoms with van der Waals surface area (Å²) in [7, 11) is 0. The monoisotopic (exact) mass is 306 g/mol. The van der Waals surface area contributed by atoms with Crippen LogP contribution in [0.5, 0.6) is 0 Å². The quantitative estimate of drug-likeness (QED) is 0.824. The number of benzene rings is 1. The fraction of sp³-hybridized carbons (Fsp3) is 0.500. The van der Waals surface area contributed by atoms with E-state index in [-0.39, 0.29) is 5.75 Å². The molecule has 0 saturated carbocycles. The molecule has 0 fully saturated rings. The average Bonchev–Trinajstić information content (AvgIpc) is 2.73. The Balaban J connectivity index is 2.41. The van der Waals surface area contributed by atoms with Crippen LogP contribution in [-0.4, -0.2) is 26.4 Å². The summed E-state index contributed by atoms with van der Waals surface area (Å²) in [5.41, 5.74) is 3.19. The molecule has 2 aromatic rings. The first-order chi connectivity index (χ1) is 9.88. The van der Waals surface area contributed by atoms with Gasteiger partial charge in [-0.1, -0.05) is 38.6 Å². The number of carboxylic acids is 1. The summed E-state index contributed by atoms with van der Waals surface area (Å²) >= 11 is 1.29. The molecule has 0 aliphatic carbocycles. The predicted molar refractivity (Wildman–Crippen MR) is 86.8 cm³/mol. The molecular formula is C16H22N2O2S. The lowest BCUT2D eigenvalue weighted by molar-refractivity contribution is -0.133. The van der Waals surface area contributed by atoms with E-state index in [0.717, 1.165) is 22.7 Å². The summed E-state index contributed by atoms with van der Waals surface area (Å²) in [6.45, 7) is 9.53. The lowest BCUT2D eigenvalue weighted by atomic mass is 9.98. The van der Waals surface area contributed by atoms with Crippen molar-refractivity contribution in [3.8, 4) is 0 Å². The second-order valence-corrected chi connectivity index (χ2v) is 6.84. The maximum Gasteiger partial charge on any atom is 0.313 e. The molecule has 1 aromatic heterocycles. The highest BCUT2D eigenvalue weighted by Crippen LogP contribution is 2.27. The minimum Gasteiger partial charge on any atom is -0.481 e. The van der Waals surface area contributed by atoms with E-state index < -0.39 is 5.97 Å². The number of fused-ring (bicyclic) bond motifs is 1. The van der Waals surface area contributed by atoms with E-state index in [1.807, 2.05) is 6.92 Å². The summed E-state index contributed by atoms with van der Waals surface area (Å²) in [5.74, 6) is 0.308. The number of nitrogens with zero attached hydrogens (tertiary/aromatic N) is 2. The molecule has 1 N–H and O–H groups in total. The summed E-state index contributed by atoms with van der Waals surface area (Å²) in [4.78, 5) is 15.4. The number of imidazole rings is 1. The lowest BCUT2D eigenvalue weighted by Crippen LogP contribution is -2.14. The highest BCUT2D eigenvalue weighted by Gasteiger charge is 2.16. The summed E-state index contributed by atoms with van der Waals surface area (Å²) in [5, 5.41) is 9.69. The molecule has 0 amide bonds. The van der Waals surface area contributed by atoms with E-state index in [4.69, 9.17) is 5.11 Å². The van der Waals surface area contributed by atoms with Crippen LogP contribution in [0.4, 0.5) is 0 Å². The summed E-state index contributed by atoms with van der Waals surface area (Å²) < 4.78 is 2.16. The van der Waals surface area contributed by atoms with Gasteiger partial charge in [0.15, 0.2) is 5.16 Å². The summed E-state index contributed by atoms with van der Waals surface area (Å²) in [6.07, 6.45) is 0. The van der Waals surface area contributed by atoms with E-state index in [9.17, 15) is 4.79 Å². The van der Waals surface area contributed by atoms with Gasteiger partial charge < -0.3 is 9.67 Å². The van der Waals surface area contributed by atoms with Crippen molar-refractivity contribution in [1.29, 1.82) is 0 Å². The van der Waals surface area contributed by atoms with Crippen LogP contribution in [0.15, 0.2) is 23.4 Å². The van der Waals surface area contributed by atoms with Crippen LogP contribution in [0.3, 0.4) is 0 Å². The van der Waals surface area contributed by atoms with Gasteiger partial charge in [-0.3, -0.25) is 4.79 Å². The second-order valence-electron chi connectivity index (χ2n) is 5.90. The van der Waals surface area contributed by atoms with Crippen LogP contribution in [-0.2, 0) is 11.3 Å². The van der Waals surface area contributed by atoms with Crippen LogP contribution in [0.1, 0.15) is 26.3 Å². The number of aliphatic carboxylic acids is 1. The van der Waals surface area contributed by atoms with Gasteiger partial charge >= 0.3 is 5.97 Å². The zero-order valence-electron chi connectivity index (χ0n) is 13.0. The predicted octanol–water partition coefficient (Wildman–Crippen LogP) is 3.81. The molecule has 5 heteroatoms. The van der Waals surface area contributed by atoms with E-state index in [1.165, 1.54) is 17.3 Å². The molecule has 1 atom stereocenters. The van der Waals surface area contributed by atoms with Crippen molar-refractivity contribution in [2.24, 2.45) is 11.8 Å². The number of aryl methyl sites for hydroxylation is 1. The summed E-state index contributed by atoms with van der Waals surface area (Å²) in [6, 6.07) is 6.21. The minimum absolute atomic E-state index is 0.0400. The van der Waals surface area contributed by atoms with E-state index >= 15 is 0 Å². The number of thioether (sulfide) groups is 1. The van der Waals surface area contributed by atoms with Gasteiger partial charge in [-0.15, -0.1) is 0 Å². The highest BCUT2D eigenvalue weighted by atomic mass is 32.2. The lowest BCUT2D eigenvalue weighted by Gasteiger charge is -2.18. The van der Waals surface area contributed by atoms with Crippen LogP contribution < -0.4 is 0 Å². The molecule has 0 radical (unpaired) electrons. The molecule has 0 saturated heterocycles. The second kappa shape index (κ2) is 6.52. The van der Waals surface area contributed by atoms with Gasteiger partial charge in [0.25, 0.3) is 0 Å². The third-order valence-corrected chi connectivity index (χ3v) is 4.76. The van der Waals surface area contributed by atoms with Crippen LogP contribution in [0.2, 0.25) is 0 Å². The number of hydrogen-bond donors (Lipinski definition) is 1. The molecule has 21 heavy (non-hydrogen) atoms. The van der Waals surface area contributed by atoms with Gasteiger partial charge in [0, 0.05) is 6.54 Å². The largest absolute Gasteiger partial charge is 0.481 e. The number of aromatic nitrogens is 2. The van der Waals surface area contributed by atoms with Gasteiger partial charge in [-0.2, -0.15) is 0 Å². The first kappa shape index (κ1) is 15.9. The fourth-order valence-electron chi connectivity index (χ4n) is 2.13. The van der Waals surface area contributed by atoms with E-state index in [1.54, 1.807) is 0 Å². The minimum atomic E-state index is -0.813. The van der Waals surface area contributed by atoms with E-state index in [2.05, 4.69) is 48.5 Å². The van der Waals surface area contributed by atoms with Crippen LogP contribution in [0.25, 0.3) is 11.0 Å². The molecule has 0 aliphatic rings. The molecule has 114 valence electrons. The van der Waals surface area contributed by atoms with Crippen molar-refractivity contribution in [1.82, 2.24) is 9.55 Å². The Morgan fingerprint density at radius 3 is 2.71 bits per heavy atom. The van der Waals surface area contributed by atoms with Gasteiger partial charge in [0.1, 0.15) is 0 Å². The Bertz CT molecular complexity index is 649. The standard InChI is InChI=1S/C16H22N2O2S/c1-10(2)12(4)8-18-14-6-5-11(3)7-13(14)17-16(18)21-9-15(19)20/h5-7,10,12H,8-9H2,1-4H3,(H,19,20).